The van der Waals surface area contributed by atoms with Gasteiger partial charge in [-0.25, -0.2) is 4.98 Å². The number of carbonyl (C=O) groups excluding carboxylic acids is 1. The molecule has 1 aliphatic heterocycles. The zero-order valence-electron chi connectivity index (χ0n) is 13.4. The molecule has 1 atom stereocenters. The van der Waals surface area contributed by atoms with Gasteiger partial charge in [-0.05, 0) is 17.7 Å². The van der Waals surface area contributed by atoms with E-state index in [1.807, 2.05) is 29.8 Å². The van der Waals surface area contributed by atoms with E-state index in [0.29, 0.717) is 6.61 Å². The summed E-state index contributed by atoms with van der Waals surface area (Å²) >= 11 is 1.63. The van der Waals surface area contributed by atoms with Gasteiger partial charge in [-0.2, -0.15) is 0 Å². The van der Waals surface area contributed by atoms with Gasteiger partial charge in [0.15, 0.2) is 0 Å². The second-order valence-electron chi connectivity index (χ2n) is 5.86. The Morgan fingerprint density at radius 2 is 2.35 bits per heavy atom. The lowest BCUT2D eigenvalue weighted by molar-refractivity contribution is -0.0330. The Morgan fingerprint density at radius 3 is 3.09 bits per heavy atom. The van der Waals surface area contributed by atoms with Crippen LogP contribution in [0.1, 0.15) is 27.0 Å². The maximum atomic E-state index is 12.1. The molecule has 2 heterocycles. The summed E-state index contributed by atoms with van der Waals surface area (Å²) in [6.07, 6.45) is 1.87. The Kier molecular flexibility index (Phi) is 5.05. The van der Waals surface area contributed by atoms with Crippen LogP contribution in [0.25, 0.3) is 0 Å². The fourth-order valence-corrected chi connectivity index (χ4v) is 3.39. The van der Waals surface area contributed by atoms with Crippen LogP contribution in [0.2, 0.25) is 0 Å². The molecule has 0 spiro atoms. The molecule has 122 valence electrons. The minimum Gasteiger partial charge on any atom is -0.368 e. The lowest BCUT2D eigenvalue weighted by Crippen LogP contribution is -2.37. The van der Waals surface area contributed by atoms with Gasteiger partial charge in [-0.1, -0.05) is 12.1 Å². The predicted octanol–water partition coefficient (Wildman–Crippen LogP) is 2.42. The molecule has 0 N–H and O–H groups in total. The van der Waals surface area contributed by atoms with E-state index in [-0.39, 0.29) is 12.0 Å². The fraction of sp³-hybridized carbons (Fsp3) is 0.412. The van der Waals surface area contributed by atoms with Crippen molar-refractivity contribution in [1.82, 2.24) is 14.8 Å². The van der Waals surface area contributed by atoms with Crippen LogP contribution >= 0.6 is 11.3 Å². The smallest absolute Gasteiger partial charge is 0.253 e. The number of rotatable bonds is 4. The van der Waals surface area contributed by atoms with Crippen molar-refractivity contribution in [3.63, 3.8) is 0 Å². The molecule has 2 aromatic rings. The largest absolute Gasteiger partial charge is 0.368 e. The monoisotopic (exact) mass is 331 g/mol. The lowest BCUT2D eigenvalue weighted by atomic mass is 10.1. The number of amides is 1. The van der Waals surface area contributed by atoms with Crippen molar-refractivity contribution in [2.75, 3.05) is 33.8 Å². The van der Waals surface area contributed by atoms with E-state index < -0.39 is 0 Å². The Bertz CT molecular complexity index is 658. The topological polar surface area (TPSA) is 45.7 Å². The minimum atomic E-state index is 0.0366. The highest BCUT2D eigenvalue weighted by molar-refractivity contribution is 7.09. The maximum Gasteiger partial charge on any atom is 0.253 e. The average Bonchev–Trinajstić information content (AvgIpc) is 3.09. The maximum absolute atomic E-state index is 12.1. The van der Waals surface area contributed by atoms with Crippen LogP contribution in [0.3, 0.4) is 0 Å². The first kappa shape index (κ1) is 16.1. The molecule has 1 fully saturated rings. The van der Waals surface area contributed by atoms with Crippen LogP contribution in [0.5, 0.6) is 0 Å². The highest BCUT2D eigenvalue weighted by Gasteiger charge is 2.23. The van der Waals surface area contributed by atoms with Crippen molar-refractivity contribution < 1.29 is 9.53 Å². The summed E-state index contributed by atoms with van der Waals surface area (Å²) in [5.41, 5.74) is 1.88. The molecule has 0 radical (unpaired) electrons. The molecule has 1 aliphatic rings. The van der Waals surface area contributed by atoms with E-state index in [9.17, 15) is 4.79 Å². The predicted molar refractivity (Wildman–Crippen MR) is 90.5 cm³/mol. The van der Waals surface area contributed by atoms with Crippen molar-refractivity contribution in [2.45, 2.75) is 12.6 Å². The van der Waals surface area contributed by atoms with Crippen molar-refractivity contribution in [1.29, 1.82) is 0 Å². The average molecular weight is 331 g/mol. The zero-order chi connectivity index (χ0) is 16.2. The summed E-state index contributed by atoms with van der Waals surface area (Å²) < 4.78 is 5.83. The van der Waals surface area contributed by atoms with Gasteiger partial charge in [0.25, 0.3) is 5.91 Å². The van der Waals surface area contributed by atoms with Gasteiger partial charge >= 0.3 is 0 Å². The molecule has 1 aromatic carbocycles. The first-order valence-electron chi connectivity index (χ1n) is 7.67. The van der Waals surface area contributed by atoms with E-state index in [1.54, 1.807) is 30.3 Å². The third kappa shape index (κ3) is 3.96. The van der Waals surface area contributed by atoms with Gasteiger partial charge in [-0.15, -0.1) is 11.3 Å². The number of morpholine rings is 1. The quantitative estimate of drug-likeness (QED) is 0.863. The molecule has 0 saturated carbocycles. The molecule has 1 aromatic heterocycles. The van der Waals surface area contributed by atoms with E-state index >= 15 is 0 Å². The van der Waals surface area contributed by atoms with Gasteiger partial charge in [-0.3, -0.25) is 9.69 Å². The van der Waals surface area contributed by atoms with Crippen molar-refractivity contribution in [3.05, 3.63) is 52.0 Å². The first-order chi connectivity index (χ1) is 11.1. The molecular formula is C17H21N3O2S. The molecule has 0 aliphatic carbocycles. The summed E-state index contributed by atoms with van der Waals surface area (Å²) in [5, 5.41) is 3.01. The Hall–Kier alpha value is -1.76. The van der Waals surface area contributed by atoms with Crippen molar-refractivity contribution >= 4 is 17.2 Å². The Morgan fingerprint density at radius 1 is 1.48 bits per heavy atom. The third-order valence-corrected chi connectivity index (χ3v) is 4.73. The molecule has 23 heavy (non-hydrogen) atoms. The summed E-state index contributed by atoms with van der Waals surface area (Å²) in [7, 11) is 3.55. The van der Waals surface area contributed by atoms with Crippen LogP contribution in [-0.4, -0.2) is 54.5 Å². The number of thiazole rings is 1. The van der Waals surface area contributed by atoms with Crippen LogP contribution < -0.4 is 0 Å². The summed E-state index contributed by atoms with van der Waals surface area (Å²) in [5.74, 6) is 0.0366. The van der Waals surface area contributed by atoms with Crippen molar-refractivity contribution in [3.8, 4) is 0 Å². The van der Waals surface area contributed by atoms with Crippen LogP contribution in [-0.2, 0) is 11.3 Å². The Labute approximate surface area is 140 Å². The van der Waals surface area contributed by atoms with Crippen molar-refractivity contribution in [2.24, 2.45) is 0 Å². The summed E-state index contributed by atoms with van der Waals surface area (Å²) in [6, 6.07) is 7.87. The van der Waals surface area contributed by atoms with E-state index in [2.05, 4.69) is 16.0 Å². The van der Waals surface area contributed by atoms with Gasteiger partial charge < -0.3 is 9.64 Å². The molecule has 6 heteroatoms. The fourth-order valence-electron chi connectivity index (χ4n) is 2.71. The first-order valence-corrected chi connectivity index (χ1v) is 8.55. The normalized spacial score (nSPS) is 18.8. The third-order valence-electron chi connectivity index (χ3n) is 3.86. The number of benzene rings is 1. The number of ether oxygens (including phenoxy) is 1. The second kappa shape index (κ2) is 7.21. The second-order valence-corrected chi connectivity index (χ2v) is 6.79. The van der Waals surface area contributed by atoms with Crippen LogP contribution in [0.15, 0.2) is 35.8 Å². The molecular weight excluding hydrogens is 310 g/mol. The Balaban J connectivity index is 1.67. The number of carbonyl (C=O) groups is 1. The zero-order valence-corrected chi connectivity index (χ0v) is 14.3. The molecule has 3 rings (SSSR count). The highest BCUT2D eigenvalue weighted by atomic mass is 32.1. The lowest BCUT2D eigenvalue weighted by Gasteiger charge is -2.32. The number of hydrogen-bond donors (Lipinski definition) is 0. The van der Waals surface area contributed by atoms with E-state index in [0.717, 1.165) is 35.8 Å². The van der Waals surface area contributed by atoms with Crippen LogP contribution in [0.4, 0.5) is 0 Å². The van der Waals surface area contributed by atoms with Gasteiger partial charge in [0.05, 0.1) is 6.61 Å². The molecule has 5 nitrogen and oxygen atoms in total. The number of hydrogen-bond acceptors (Lipinski definition) is 5. The minimum absolute atomic E-state index is 0.0366. The molecule has 1 saturated heterocycles. The number of aromatic nitrogens is 1. The van der Waals surface area contributed by atoms with E-state index in [4.69, 9.17) is 4.74 Å². The van der Waals surface area contributed by atoms with Gasteiger partial charge in [0, 0.05) is 50.9 Å². The standard InChI is InChI=1S/C17H21N3O2S/c1-19(2)17(21)14-5-3-4-13(10-14)11-20-7-8-22-15(12-20)16-18-6-9-23-16/h3-6,9-10,15H,7-8,11-12H2,1-2H3/t15-/m0/s1. The van der Waals surface area contributed by atoms with Gasteiger partial charge in [0.2, 0.25) is 0 Å². The molecule has 0 bridgehead atoms. The summed E-state index contributed by atoms with van der Waals surface area (Å²) in [4.78, 5) is 20.4. The van der Waals surface area contributed by atoms with E-state index in [1.165, 1.54) is 0 Å². The van der Waals surface area contributed by atoms with Crippen LogP contribution in [0, 0.1) is 0 Å². The van der Waals surface area contributed by atoms with Gasteiger partial charge in [0.1, 0.15) is 11.1 Å². The molecule has 0 unspecified atom stereocenters. The SMILES string of the molecule is CN(C)C(=O)c1cccc(CN2CCO[C@H](c3nccs3)C2)c1. The highest BCUT2D eigenvalue weighted by Crippen LogP contribution is 2.24. The summed E-state index contributed by atoms with van der Waals surface area (Å²) in [6.45, 7) is 3.26. The number of nitrogens with zero attached hydrogens (tertiary/aromatic N) is 3. The molecule has 1 amide bonds.